The van der Waals surface area contributed by atoms with Crippen LogP contribution in [0.5, 0.6) is 0 Å². The first kappa shape index (κ1) is 10.4. The van der Waals surface area contributed by atoms with Gasteiger partial charge in [0.15, 0.2) is 0 Å². The maximum Gasteiger partial charge on any atom is 0.330 e. The fourth-order valence-electron chi connectivity index (χ4n) is 1.52. The van der Waals surface area contributed by atoms with Crippen LogP contribution in [0.1, 0.15) is 13.3 Å². The summed E-state index contributed by atoms with van der Waals surface area (Å²) in [7, 11) is 1.53. The highest BCUT2D eigenvalue weighted by Crippen LogP contribution is 2.37. The Hall–Kier alpha value is -0.710. The molecule has 0 aromatic heterocycles. The predicted molar refractivity (Wildman–Crippen MR) is 50.7 cm³/mol. The van der Waals surface area contributed by atoms with Gasteiger partial charge in [0.2, 0.25) is 6.41 Å². The van der Waals surface area contributed by atoms with Gasteiger partial charge in [0.25, 0.3) is 0 Å². The van der Waals surface area contributed by atoms with Gasteiger partial charge in [0.1, 0.15) is 5.54 Å². The Bertz CT molecular complexity index is 233. The van der Waals surface area contributed by atoms with Crippen LogP contribution in [-0.2, 0) is 9.59 Å². The first-order valence-corrected chi connectivity index (χ1v) is 5.11. The summed E-state index contributed by atoms with van der Waals surface area (Å²) in [5.41, 5.74) is -0.980. The van der Waals surface area contributed by atoms with E-state index in [1.54, 1.807) is 11.8 Å². The van der Waals surface area contributed by atoms with Crippen LogP contribution in [0.2, 0.25) is 0 Å². The monoisotopic (exact) mass is 203 g/mol. The molecule has 1 N–H and O–H groups in total. The molecule has 0 radical (unpaired) electrons. The summed E-state index contributed by atoms with van der Waals surface area (Å²) in [5.74, 6) is -0.419. The Morgan fingerprint density at radius 3 is 2.69 bits per heavy atom. The Morgan fingerprint density at radius 1 is 1.77 bits per heavy atom. The average molecular weight is 203 g/mol. The topological polar surface area (TPSA) is 57.6 Å². The lowest BCUT2D eigenvalue weighted by Gasteiger charge is -2.31. The molecule has 1 amide bonds. The zero-order valence-electron chi connectivity index (χ0n) is 7.69. The summed E-state index contributed by atoms with van der Waals surface area (Å²) in [4.78, 5) is 22.9. The lowest BCUT2D eigenvalue weighted by Crippen LogP contribution is -2.52. The smallest absolute Gasteiger partial charge is 0.330 e. The summed E-state index contributed by atoms with van der Waals surface area (Å²) >= 11 is 1.59. The van der Waals surface area contributed by atoms with Gasteiger partial charge in [-0.2, -0.15) is 11.8 Å². The maximum atomic E-state index is 11.1. The molecule has 0 spiro atoms. The van der Waals surface area contributed by atoms with E-state index in [0.717, 1.165) is 0 Å². The van der Waals surface area contributed by atoms with Crippen LogP contribution in [0.15, 0.2) is 0 Å². The second kappa shape index (κ2) is 3.57. The second-order valence-corrected chi connectivity index (χ2v) is 4.81. The highest BCUT2D eigenvalue weighted by atomic mass is 32.2. The molecule has 13 heavy (non-hydrogen) atoms. The van der Waals surface area contributed by atoms with Crippen molar-refractivity contribution in [2.45, 2.75) is 24.1 Å². The maximum absolute atomic E-state index is 11.1. The standard InChI is InChI=1S/C8H13NO3S/c1-6-3-8(4-13-6,7(11)12)9(2)5-10/h5-6H,3-4H2,1-2H3,(H,11,12). The molecule has 5 heteroatoms. The quantitative estimate of drug-likeness (QED) is 0.675. The number of likely N-dealkylation sites (N-methyl/N-ethyl adjacent to an activating group) is 1. The van der Waals surface area contributed by atoms with Gasteiger partial charge in [0, 0.05) is 18.1 Å². The molecule has 1 aliphatic heterocycles. The minimum Gasteiger partial charge on any atom is -0.479 e. The number of hydrogen-bond donors (Lipinski definition) is 1. The lowest BCUT2D eigenvalue weighted by molar-refractivity contribution is -0.152. The highest BCUT2D eigenvalue weighted by molar-refractivity contribution is 8.00. The first-order valence-electron chi connectivity index (χ1n) is 4.06. The summed E-state index contributed by atoms with van der Waals surface area (Å²) < 4.78 is 0. The van der Waals surface area contributed by atoms with Gasteiger partial charge < -0.3 is 10.0 Å². The van der Waals surface area contributed by atoms with E-state index in [2.05, 4.69) is 0 Å². The summed E-state index contributed by atoms with van der Waals surface area (Å²) in [6.07, 6.45) is 1.12. The van der Waals surface area contributed by atoms with E-state index in [9.17, 15) is 9.59 Å². The fraction of sp³-hybridized carbons (Fsp3) is 0.750. The SMILES string of the molecule is CC1CC(C(=O)O)(N(C)C=O)CS1. The van der Waals surface area contributed by atoms with Gasteiger partial charge in [-0.3, -0.25) is 4.79 Å². The van der Waals surface area contributed by atoms with E-state index in [-0.39, 0.29) is 0 Å². The molecule has 1 heterocycles. The second-order valence-electron chi connectivity index (χ2n) is 3.38. The fourth-order valence-corrected chi connectivity index (χ4v) is 2.92. The normalized spacial score (nSPS) is 32.9. The van der Waals surface area contributed by atoms with Crippen molar-refractivity contribution >= 4 is 24.1 Å². The molecule has 1 fully saturated rings. The van der Waals surface area contributed by atoms with Crippen LogP contribution < -0.4 is 0 Å². The van der Waals surface area contributed by atoms with Crippen LogP contribution in [0.3, 0.4) is 0 Å². The molecule has 0 aromatic rings. The number of nitrogens with zero attached hydrogens (tertiary/aromatic N) is 1. The van der Waals surface area contributed by atoms with Crippen molar-refractivity contribution in [1.82, 2.24) is 4.90 Å². The molecule has 0 aliphatic carbocycles. The third-order valence-electron chi connectivity index (χ3n) is 2.46. The van der Waals surface area contributed by atoms with E-state index in [0.29, 0.717) is 23.8 Å². The van der Waals surface area contributed by atoms with Crippen LogP contribution in [0.4, 0.5) is 0 Å². The number of carboxylic acids is 1. The lowest BCUT2D eigenvalue weighted by atomic mass is 9.95. The van der Waals surface area contributed by atoms with Gasteiger partial charge >= 0.3 is 5.97 Å². The van der Waals surface area contributed by atoms with Gasteiger partial charge in [0.05, 0.1) is 0 Å². The van der Waals surface area contributed by atoms with Crippen molar-refractivity contribution < 1.29 is 14.7 Å². The largest absolute Gasteiger partial charge is 0.479 e. The van der Waals surface area contributed by atoms with E-state index < -0.39 is 11.5 Å². The van der Waals surface area contributed by atoms with E-state index in [1.807, 2.05) is 6.92 Å². The van der Waals surface area contributed by atoms with Crippen LogP contribution in [0.25, 0.3) is 0 Å². The minimum atomic E-state index is -0.980. The zero-order chi connectivity index (χ0) is 10.1. The molecular weight excluding hydrogens is 190 g/mol. The number of amides is 1. The molecular formula is C8H13NO3S. The van der Waals surface area contributed by atoms with Gasteiger partial charge in [-0.1, -0.05) is 6.92 Å². The number of thioether (sulfide) groups is 1. The molecule has 0 aromatic carbocycles. The molecule has 4 nitrogen and oxygen atoms in total. The van der Waals surface area contributed by atoms with E-state index in [4.69, 9.17) is 5.11 Å². The third-order valence-corrected chi connectivity index (χ3v) is 3.84. The molecule has 1 aliphatic rings. The summed E-state index contributed by atoms with van der Waals surface area (Å²) in [5, 5.41) is 9.37. The van der Waals surface area contributed by atoms with Gasteiger partial charge in [-0.15, -0.1) is 0 Å². The van der Waals surface area contributed by atoms with Crippen molar-refractivity contribution in [2.24, 2.45) is 0 Å². The first-order chi connectivity index (χ1) is 6.03. The summed E-state index contributed by atoms with van der Waals surface area (Å²) in [6, 6.07) is 0. The van der Waals surface area contributed by atoms with Gasteiger partial charge in [-0.25, -0.2) is 4.79 Å². The average Bonchev–Trinajstić information content (AvgIpc) is 2.47. The van der Waals surface area contributed by atoms with Crippen molar-refractivity contribution in [3.05, 3.63) is 0 Å². The molecule has 74 valence electrons. The van der Waals surface area contributed by atoms with Crippen molar-refractivity contribution in [3.8, 4) is 0 Å². The number of rotatable bonds is 3. The highest BCUT2D eigenvalue weighted by Gasteiger charge is 2.47. The van der Waals surface area contributed by atoms with Gasteiger partial charge in [-0.05, 0) is 6.42 Å². The Morgan fingerprint density at radius 2 is 2.38 bits per heavy atom. The number of carbonyl (C=O) groups is 2. The van der Waals surface area contributed by atoms with Crippen LogP contribution in [0, 0.1) is 0 Å². The minimum absolute atomic E-state index is 0.304. The summed E-state index contributed by atoms with van der Waals surface area (Å²) in [6.45, 7) is 1.98. The molecule has 1 rings (SSSR count). The van der Waals surface area contributed by atoms with Crippen LogP contribution >= 0.6 is 11.8 Å². The number of aliphatic carboxylic acids is 1. The molecule has 0 bridgehead atoms. The number of carboxylic acid groups (broad SMARTS) is 1. The van der Waals surface area contributed by atoms with Crippen molar-refractivity contribution in [3.63, 3.8) is 0 Å². The third kappa shape index (κ3) is 1.65. The van der Waals surface area contributed by atoms with E-state index >= 15 is 0 Å². The molecule has 2 unspecified atom stereocenters. The predicted octanol–water partition coefficient (Wildman–Crippen LogP) is 0.423. The Labute approximate surface area is 81.3 Å². The Kier molecular flexibility index (Phi) is 2.85. The molecule has 1 saturated heterocycles. The van der Waals surface area contributed by atoms with Crippen molar-refractivity contribution in [1.29, 1.82) is 0 Å². The number of carbonyl (C=O) groups excluding carboxylic acids is 1. The molecule has 2 atom stereocenters. The zero-order valence-corrected chi connectivity index (χ0v) is 8.50. The van der Waals surface area contributed by atoms with Crippen molar-refractivity contribution in [2.75, 3.05) is 12.8 Å². The number of hydrogen-bond acceptors (Lipinski definition) is 3. The molecule has 0 saturated carbocycles. The van der Waals surface area contributed by atoms with E-state index in [1.165, 1.54) is 11.9 Å². The van der Waals surface area contributed by atoms with Crippen LogP contribution in [-0.4, -0.2) is 46.0 Å². The Balaban J connectivity index is 2.89.